The molecular formula is C25H32N2OS. The second-order valence-corrected chi connectivity index (χ2v) is 9.01. The Morgan fingerprint density at radius 1 is 1.00 bits per heavy atom. The zero-order valence-electron chi connectivity index (χ0n) is 17.9. The average molecular weight is 409 g/mol. The molecule has 0 amide bonds. The zero-order valence-corrected chi connectivity index (χ0v) is 18.7. The topological polar surface area (TPSA) is 33.2 Å². The maximum absolute atomic E-state index is 12.5. The molecule has 0 atom stereocenters. The van der Waals surface area contributed by atoms with E-state index in [2.05, 4.69) is 36.1 Å². The Morgan fingerprint density at radius 3 is 2.52 bits per heavy atom. The van der Waals surface area contributed by atoms with Crippen LogP contribution in [0.15, 0.2) is 41.2 Å². The van der Waals surface area contributed by atoms with Crippen LogP contribution in [0, 0.1) is 0 Å². The Balaban J connectivity index is 1.67. The van der Waals surface area contributed by atoms with E-state index in [1.807, 2.05) is 26.2 Å². The lowest BCUT2D eigenvalue weighted by Gasteiger charge is -2.13. The maximum Gasteiger partial charge on any atom is 0.187 e. The summed E-state index contributed by atoms with van der Waals surface area (Å²) in [6.07, 6.45) is 14.3. The van der Waals surface area contributed by atoms with Crippen molar-refractivity contribution in [3.63, 3.8) is 0 Å². The summed E-state index contributed by atoms with van der Waals surface area (Å²) in [5.74, 6) is 0. The summed E-state index contributed by atoms with van der Waals surface area (Å²) in [6.45, 7) is 2.25. The van der Waals surface area contributed by atoms with Gasteiger partial charge in [0.2, 0.25) is 0 Å². The molecule has 0 fully saturated rings. The lowest BCUT2D eigenvalue weighted by molar-refractivity contribution is 0.592. The third-order valence-corrected chi connectivity index (χ3v) is 6.38. The Bertz CT molecular complexity index is 990. The Kier molecular flexibility index (Phi) is 7.82. The number of allylic oxidation sites excluding steroid dienone is 1. The molecule has 4 heteroatoms. The van der Waals surface area contributed by atoms with Crippen molar-refractivity contribution in [2.45, 2.75) is 58.3 Å². The highest BCUT2D eigenvalue weighted by Crippen LogP contribution is 2.32. The van der Waals surface area contributed by atoms with Crippen LogP contribution in [0.25, 0.3) is 26.9 Å². The largest absolute Gasteiger partial charge is 0.378 e. The van der Waals surface area contributed by atoms with Crippen LogP contribution in [0.2, 0.25) is 0 Å². The third-order valence-electron chi connectivity index (χ3n) is 5.28. The summed E-state index contributed by atoms with van der Waals surface area (Å²) in [5.41, 5.74) is 3.83. The quantitative estimate of drug-likeness (QED) is 0.268. The molecule has 1 aliphatic heterocycles. The lowest BCUT2D eigenvalue weighted by atomic mass is 10.1. The van der Waals surface area contributed by atoms with E-state index in [1.165, 1.54) is 44.9 Å². The minimum Gasteiger partial charge on any atom is -0.378 e. The predicted octanol–water partition coefficient (Wildman–Crippen LogP) is 6.98. The van der Waals surface area contributed by atoms with E-state index in [0.717, 1.165) is 38.5 Å². The van der Waals surface area contributed by atoms with Gasteiger partial charge in [-0.2, -0.15) is 0 Å². The summed E-state index contributed by atoms with van der Waals surface area (Å²) in [6, 6.07) is 9.95. The summed E-state index contributed by atoms with van der Waals surface area (Å²) < 4.78 is 1.10. The minimum atomic E-state index is 0.0782. The highest BCUT2D eigenvalue weighted by atomic mass is 32.1. The van der Waals surface area contributed by atoms with E-state index in [-0.39, 0.29) is 5.43 Å². The van der Waals surface area contributed by atoms with Crippen LogP contribution < -0.4 is 10.3 Å². The number of fused-ring (bicyclic) bond motifs is 2. The molecule has 0 spiro atoms. The first-order chi connectivity index (χ1) is 14.1. The van der Waals surface area contributed by atoms with Crippen LogP contribution in [-0.2, 0) is 0 Å². The minimum absolute atomic E-state index is 0.0782. The Hall–Kier alpha value is -2.20. The fraction of sp³-hybridized carbons (Fsp3) is 0.440. The van der Waals surface area contributed by atoms with Crippen molar-refractivity contribution in [2.75, 3.05) is 19.0 Å². The van der Waals surface area contributed by atoms with Crippen molar-refractivity contribution >= 4 is 33.3 Å². The van der Waals surface area contributed by atoms with Crippen molar-refractivity contribution in [1.82, 2.24) is 4.98 Å². The van der Waals surface area contributed by atoms with Gasteiger partial charge in [0.15, 0.2) is 5.43 Å². The molecule has 0 N–H and O–H groups in total. The van der Waals surface area contributed by atoms with Crippen LogP contribution in [0.3, 0.4) is 0 Å². The van der Waals surface area contributed by atoms with Crippen LogP contribution in [0.5, 0.6) is 0 Å². The molecule has 0 unspecified atom stereocenters. The van der Waals surface area contributed by atoms with Gasteiger partial charge in [0.25, 0.3) is 0 Å². The molecule has 0 saturated heterocycles. The van der Waals surface area contributed by atoms with Gasteiger partial charge >= 0.3 is 0 Å². The van der Waals surface area contributed by atoms with Gasteiger partial charge in [0, 0.05) is 31.4 Å². The molecule has 154 valence electrons. The number of benzene rings is 2. The molecule has 0 bridgehead atoms. The number of hydrogen-bond donors (Lipinski definition) is 0. The summed E-state index contributed by atoms with van der Waals surface area (Å²) in [7, 11) is 4.06. The normalized spacial score (nSPS) is 11.7. The molecule has 3 rings (SSSR count). The number of unbranched alkanes of at least 4 members (excludes halogenated alkanes) is 7. The van der Waals surface area contributed by atoms with Gasteiger partial charge in [-0.1, -0.05) is 57.6 Å². The summed E-state index contributed by atoms with van der Waals surface area (Å²) in [4.78, 5) is 20.3. The van der Waals surface area contributed by atoms with Gasteiger partial charge in [-0.3, -0.25) is 4.79 Å². The van der Waals surface area contributed by atoms with Crippen LogP contribution in [0.4, 0.5) is 5.69 Å². The van der Waals surface area contributed by atoms with Gasteiger partial charge in [0.05, 0.1) is 20.8 Å². The van der Waals surface area contributed by atoms with Crippen molar-refractivity contribution in [2.24, 2.45) is 0 Å². The Labute approximate surface area is 178 Å². The smallest absolute Gasteiger partial charge is 0.187 e. The van der Waals surface area contributed by atoms with Crippen LogP contribution in [0.1, 0.15) is 63.9 Å². The first kappa shape index (κ1) is 21.5. The second kappa shape index (κ2) is 10.5. The SMILES string of the molecule is CCCCCCCCCC=Cc1cc2nc3ccc(N(C)C)cc3sc-2cc1=O. The van der Waals surface area contributed by atoms with E-state index in [0.29, 0.717) is 0 Å². The van der Waals surface area contributed by atoms with Crippen LogP contribution >= 0.6 is 11.3 Å². The van der Waals surface area contributed by atoms with Gasteiger partial charge in [-0.15, -0.1) is 11.3 Å². The highest BCUT2D eigenvalue weighted by molar-refractivity contribution is 7.21. The van der Waals surface area contributed by atoms with Crippen molar-refractivity contribution < 1.29 is 0 Å². The molecule has 3 nitrogen and oxygen atoms in total. The number of anilines is 1. The lowest BCUT2D eigenvalue weighted by Crippen LogP contribution is -2.08. The summed E-state index contributed by atoms with van der Waals surface area (Å²) in [5, 5.41) is 0. The molecule has 1 aromatic carbocycles. The van der Waals surface area contributed by atoms with Crippen LogP contribution in [-0.4, -0.2) is 19.1 Å². The first-order valence-corrected chi connectivity index (χ1v) is 11.6. The monoisotopic (exact) mass is 408 g/mol. The molecule has 0 radical (unpaired) electrons. The number of hydrogen-bond acceptors (Lipinski definition) is 4. The zero-order chi connectivity index (χ0) is 20.6. The number of nitrogens with zero attached hydrogens (tertiary/aromatic N) is 2. The van der Waals surface area contributed by atoms with Crippen molar-refractivity contribution in [3.05, 3.63) is 52.2 Å². The predicted molar refractivity (Wildman–Crippen MR) is 128 cm³/mol. The van der Waals surface area contributed by atoms with E-state index < -0.39 is 0 Å². The van der Waals surface area contributed by atoms with Crippen molar-refractivity contribution in [3.8, 4) is 10.6 Å². The molecular weight excluding hydrogens is 376 g/mol. The standard InChI is InChI=1S/C25H32N2OS/c1-4-5-6-7-8-9-10-11-12-13-19-16-22-25(18-23(19)28)29-24-17-20(27(2)3)14-15-21(24)26-22/h12-18H,4-11H2,1-3H3. The van der Waals surface area contributed by atoms with E-state index >= 15 is 0 Å². The molecule has 1 heterocycles. The fourth-order valence-electron chi connectivity index (χ4n) is 3.50. The average Bonchev–Trinajstić information content (AvgIpc) is 2.71. The van der Waals surface area contributed by atoms with E-state index in [9.17, 15) is 4.79 Å². The highest BCUT2D eigenvalue weighted by Gasteiger charge is 2.11. The van der Waals surface area contributed by atoms with Gasteiger partial charge in [-0.25, -0.2) is 4.98 Å². The maximum atomic E-state index is 12.5. The molecule has 1 aliphatic carbocycles. The van der Waals surface area contributed by atoms with Crippen molar-refractivity contribution in [1.29, 1.82) is 0 Å². The number of rotatable bonds is 10. The first-order valence-electron chi connectivity index (χ1n) is 10.8. The Morgan fingerprint density at radius 2 is 1.76 bits per heavy atom. The van der Waals surface area contributed by atoms with Gasteiger partial charge < -0.3 is 4.90 Å². The molecule has 29 heavy (non-hydrogen) atoms. The molecule has 0 saturated carbocycles. The molecule has 1 aromatic rings. The fourth-order valence-corrected chi connectivity index (χ4v) is 4.51. The molecule has 0 aromatic heterocycles. The van der Waals surface area contributed by atoms with E-state index in [1.54, 1.807) is 17.4 Å². The summed E-state index contributed by atoms with van der Waals surface area (Å²) >= 11 is 1.64. The van der Waals surface area contributed by atoms with Gasteiger partial charge in [0.1, 0.15) is 0 Å². The van der Waals surface area contributed by atoms with Gasteiger partial charge in [-0.05, 0) is 37.1 Å². The molecule has 2 aliphatic rings. The van der Waals surface area contributed by atoms with E-state index in [4.69, 9.17) is 4.98 Å². The number of aromatic nitrogens is 1. The second-order valence-electron chi connectivity index (χ2n) is 7.93. The third kappa shape index (κ3) is 5.89.